The van der Waals surface area contributed by atoms with Gasteiger partial charge in [0, 0.05) is 49.9 Å². The Labute approximate surface area is 148 Å². The first-order valence-electron chi connectivity index (χ1n) is 8.43. The number of aromatic nitrogens is 2. The molecule has 2 fully saturated rings. The lowest BCUT2D eigenvalue weighted by atomic mass is 9.98. The summed E-state index contributed by atoms with van der Waals surface area (Å²) in [5, 5.41) is 0. The number of thioether (sulfide) groups is 1. The molecule has 0 amide bonds. The fourth-order valence-electron chi connectivity index (χ4n) is 3.13. The Morgan fingerprint density at radius 3 is 2.58 bits per heavy atom. The average molecular weight is 350 g/mol. The Kier molecular flexibility index (Phi) is 5.45. The molecular formula is C16H27N7S. The predicted molar refractivity (Wildman–Crippen MR) is 101 cm³/mol. The van der Waals surface area contributed by atoms with Gasteiger partial charge in [0.05, 0.1) is 6.54 Å². The summed E-state index contributed by atoms with van der Waals surface area (Å²) in [6, 6.07) is 1.84. The third-order valence-electron chi connectivity index (χ3n) is 5.01. The number of aliphatic imine (C=N–C) groups is 1. The Bertz CT molecular complexity index is 549. The van der Waals surface area contributed by atoms with Crippen LogP contribution < -0.4 is 10.6 Å². The number of nitrogens with zero attached hydrogens (tertiary/aromatic N) is 6. The van der Waals surface area contributed by atoms with E-state index >= 15 is 0 Å². The second kappa shape index (κ2) is 7.57. The highest BCUT2D eigenvalue weighted by Crippen LogP contribution is 2.32. The normalized spacial score (nSPS) is 25.5. The van der Waals surface area contributed by atoms with Crippen LogP contribution in [0.25, 0.3) is 0 Å². The summed E-state index contributed by atoms with van der Waals surface area (Å²) in [6.07, 6.45) is 4.75. The highest BCUT2D eigenvalue weighted by Gasteiger charge is 2.36. The molecule has 3 heterocycles. The lowest BCUT2D eigenvalue weighted by Gasteiger charge is -2.37. The molecule has 1 aromatic heterocycles. The van der Waals surface area contributed by atoms with E-state index in [2.05, 4.69) is 38.8 Å². The molecule has 3 rings (SSSR count). The van der Waals surface area contributed by atoms with E-state index in [1.54, 1.807) is 12.4 Å². The quantitative estimate of drug-likeness (QED) is 0.621. The topological polar surface area (TPSA) is 73.9 Å². The van der Waals surface area contributed by atoms with Crippen LogP contribution in [0.3, 0.4) is 0 Å². The summed E-state index contributed by atoms with van der Waals surface area (Å²) in [7, 11) is 4.30. The summed E-state index contributed by atoms with van der Waals surface area (Å²) in [4.78, 5) is 20.0. The minimum Gasteiger partial charge on any atom is -0.370 e. The van der Waals surface area contributed by atoms with Crippen molar-refractivity contribution < 1.29 is 0 Å². The van der Waals surface area contributed by atoms with E-state index in [0.29, 0.717) is 5.96 Å². The maximum Gasteiger partial charge on any atom is 0.225 e. The summed E-state index contributed by atoms with van der Waals surface area (Å²) < 4.78 is 0. The molecule has 2 saturated heterocycles. The van der Waals surface area contributed by atoms with Gasteiger partial charge >= 0.3 is 0 Å². The molecule has 2 N–H and O–H groups in total. The van der Waals surface area contributed by atoms with Crippen LogP contribution in [0.15, 0.2) is 23.5 Å². The van der Waals surface area contributed by atoms with Gasteiger partial charge in [-0.05, 0) is 32.3 Å². The van der Waals surface area contributed by atoms with E-state index in [1.165, 1.54) is 12.2 Å². The smallest absolute Gasteiger partial charge is 0.225 e. The second-order valence-corrected chi connectivity index (χ2v) is 7.72. The molecule has 1 aromatic rings. The monoisotopic (exact) mass is 349 g/mol. The van der Waals surface area contributed by atoms with Crippen LogP contribution in [-0.2, 0) is 0 Å². The SMILES string of the molecule is CN(C)C1(CN=C(N)N2CCN(c3ncccn3)CC2)CCSC1. The molecule has 1 atom stereocenters. The second-order valence-electron chi connectivity index (χ2n) is 6.62. The predicted octanol–water partition coefficient (Wildman–Crippen LogP) is 0.351. The first-order valence-corrected chi connectivity index (χ1v) is 9.58. The number of anilines is 1. The molecule has 132 valence electrons. The number of piperazine rings is 1. The number of rotatable bonds is 4. The van der Waals surface area contributed by atoms with Gasteiger partial charge in [-0.25, -0.2) is 9.97 Å². The molecule has 0 radical (unpaired) electrons. The molecule has 24 heavy (non-hydrogen) atoms. The van der Waals surface area contributed by atoms with Gasteiger partial charge in [-0.1, -0.05) is 0 Å². The van der Waals surface area contributed by atoms with Crippen LogP contribution in [0.2, 0.25) is 0 Å². The summed E-state index contributed by atoms with van der Waals surface area (Å²) in [6.45, 7) is 4.24. The number of likely N-dealkylation sites (N-methyl/N-ethyl adjacent to an activating group) is 1. The Balaban J connectivity index is 1.56. The van der Waals surface area contributed by atoms with Gasteiger partial charge in [0.2, 0.25) is 5.95 Å². The van der Waals surface area contributed by atoms with Crippen molar-refractivity contribution in [3.05, 3.63) is 18.5 Å². The minimum atomic E-state index is 0.162. The summed E-state index contributed by atoms with van der Waals surface area (Å²) >= 11 is 2.01. The van der Waals surface area contributed by atoms with Crippen molar-refractivity contribution in [2.45, 2.75) is 12.0 Å². The fraction of sp³-hybridized carbons (Fsp3) is 0.688. The van der Waals surface area contributed by atoms with Crippen molar-refractivity contribution >= 4 is 23.7 Å². The van der Waals surface area contributed by atoms with Crippen molar-refractivity contribution in [1.29, 1.82) is 0 Å². The summed E-state index contributed by atoms with van der Waals surface area (Å²) in [5.41, 5.74) is 6.43. The lowest BCUT2D eigenvalue weighted by Crippen LogP contribution is -2.52. The fourth-order valence-corrected chi connectivity index (χ4v) is 4.68. The van der Waals surface area contributed by atoms with E-state index in [4.69, 9.17) is 10.7 Å². The van der Waals surface area contributed by atoms with Gasteiger partial charge in [0.25, 0.3) is 0 Å². The Morgan fingerprint density at radius 2 is 2.00 bits per heavy atom. The molecular weight excluding hydrogens is 322 g/mol. The zero-order chi connectivity index (χ0) is 17.0. The third kappa shape index (κ3) is 3.75. The molecule has 1 unspecified atom stereocenters. The van der Waals surface area contributed by atoms with E-state index < -0.39 is 0 Å². The van der Waals surface area contributed by atoms with Crippen LogP contribution in [-0.4, -0.2) is 89.6 Å². The molecule has 2 aliphatic rings. The first-order chi connectivity index (χ1) is 11.6. The molecule has 0 saturated carbocycles. The van der Waals surface area contributed by atoms with E-state index in [-0.39, 0.29) is 5.54 Å². The van der Waals surface area contributed by atoms with Crippen LogP contribution in [0.5, 0.6) is 0 Å². The van der Waals surface area contributed by atoms with Crippen molar-refractivity contribution in [2.75, 3.05) is 63.2 Å². The number of nitrogens with two attached hydrogens (primary N) is 1. The molecule has 0 bridgehead atoms. The van der Waals surface area contributed by atoms with Crippen molar-refractivity contribution in [1.82, 2.24) is 19.8 Å². The zero-order valence-corrected chi connectivity index (χ0v) is 15.4. The largest absolute Gasteiger partial charge is 0.370 e. The Hall–Kier alpha value is -1.54. The highest BCUT2D eigenvalue weighted by atomic mass is 32.2. The third-order valence-corrected chi connectivity index (χ3v) is 6.24. The maximum atomic E-state index is 6.27. The molecule has 7 nitrogen and oxygen atoms in total. The zero-order valence-electron chi connectivity index (χ0n) is 14.6. The molecule has 0 spiro atoms. The van der Waals surface area contributed by atoms with Crippen molar-refractivity contribution in [3.63, 3.8) is 0 Å². The van der Waals surface area contributed by atoms with Crippen LogP contribution >= 0.6 is 11.8 Å². The number of hydrogen-bond donors (Lipinski definition) is 1. The standard InChI is InChI=1S/C16H27N7S/c1-21(2)16(4-11-24-13-16)12-20-14(17)22-7-9-23(10-8-22)15-18-5-3-6-19-15/h3,5-6H,4,7-13H2,1-2H3,(H2,17,20). The van der Waals surface area contributed by atoms with Crippen LogP contribution in [0.1, 0.15) is 6.42 Å². The van der Waals surface area contributed by atoms with E-state index in [0.717, 1.165) is 44.4 Å². The molecule has 0 aromatic carbocycles. The van der Waals surface area contributed by atoms with Gasteiger partial charge < -0.3 is 20.4 Å². The summed E-state index contributed by atoms with van der Waals surface area (Å²) in [5.74, 6) is 3.81. The van der Waals surface area contributed by atoms with Crippen LogP contribution in [0.4, 0.5) is 5.95 Å². The maximum absolute atomic E-state index is 6.27. The number of guanidine groups is 1. The Morgan fingerprint density at radius 1 is 1.29 bits per heavy atom. The van der Waals surface area contributed by atoms with Gasteiger partial charge in [-0.2, -0.15) is 11.8 Å². The number of hydrogen-bond acceptors (Lipinski definition) is 6. The van der Waals surface area contributed by atoms with Crippen molar-refractivity contribution in [3.8, 4) is 0 Å². The van der Waals surface area contributed by atoms with Gasteiger partial charge in [-0.3, -0.25) is 4.99 Å². The molecule has 0 aliphatic carbocycles. The van der Waals surface area contributed by atoms with E-state index in [1.807, 2.05) is 17.8 Å². The molecule has 8 heteroatoms. The van der Waals surface area contributed by atoms with Gasteiger partial charge in [-0.15, -0.1) is 0 Å². The first kappa shape index (κ1) is 17.3. The van der Waals surface area contributed by atoms with E-state index in [9.17, 15) is 0 Å². The van der Waals surface area contributed by atoms with Crippen molar-refractivity contribution in [2.24, 2.45) is 10.7 Å². The highest BCUT2D eigenvalue weighted by molar-refractivity contribution is 7.99. The van der Waals surface area contributed by atoms with Crippen LogP contribution in [0, 0.1) is 0 Å². The average Bonchev–Trinajstić information content (AvgIpc) is 3.11. The molecule has 2 aliphatic heterocycles. The van der Waals surface area contributed by atoms with Gasteiger partial charge in [0.1, 0.15) is 0 Å². The van der Waals surface area contributed by atoms with Gasteiger partial charge in [0.15, 0.2) is 5.96 Å². The minimum absolute atomic E-state index is 0.162. The lowest BCUT2D eigenvalue weighted by molar-refractivity contribution is 0.189.